The van der Waals surface area contributed by atoms with Crippen LogP contribution < -0.4 is 4.72 Å². The molecule has 1 atom stereocenters. The van der Waals surface area contributed by atoms with Crippen LogP contribution in [0.1, 0.15) is 26.3 Å². The van der Waals surface area contributed by atoms with Gasteiger partial charge < -0.3 is 5.11 Å². The maximum absolute atomic E-state index is 12.1. The Bertz CT molecular complexity index is 549. The van der Waals surface area contributed by atoms with Crippen molar-refractivity contribution in [3.63, 3.8) is 0 Å². The quantitative estimate of drug-likeness (QED) is 0.805. The van der Waals surface area contributed by atoms with E-state index in [9.17, 15) is 13.2 Å². The third-order valence-electron chi connectivity index (χ3n) is 3.32. The third kappa shape index (κ3) is 4.94. The second-order valence-electron chi connectivity index (χ2n) is 5.29. The van der Waals surface area contributed by atoms with Crippen molar-refractivity contribution in [3.05, 3.63) is 29.8 Å². The molecule has 0 aliphatic rings. The molecule has 0 spiro atoms. The molecule has 0 saturated carbocycles. The summed E-state index contributed by atoms with van der Waals surface area (Å²) >= 11 is 0. The van der Waals surface area contributed by atoms with E-state index in [0.29, 0.717) is 18.0 Å². The van der Waals surface area contributed by atoms with E-state index in [4.69, 9.17) is 5.11 Å². The molecule has 0 bridgehead atoms. The third-order valence-corrected chi connectivity index (χ3v) is 4.76. The smallest absolute Gasteiger partial charge is 0.307 e. The van der Waals surface area contributed by atoms with Crippen LogP contribution in [-0.2, 0) is 21.2 Å². The molecular formula is C14H21NO4S. The summed E-state index contributed by atoms with van der Waals surface area (Å²) in [7, 11) is -3.53. The van der Waals surface area contributed by atoms with Crippen molar-refractivity contribution in [1.29, 1.82) is 0 Å². The van der Waals surface area contributed by atoms with Crippen LogP contribution in [0.4, 0.5) is 0 Å². The van der Waals surface area contributed by atoms with Gasteiger partial charge in [-0.2, -0.15) is 0 Å². The predicted molar refractivity (Wildman–Crippen MR) is 77.0 cm³/mol. The van der Waals surface area contributed by atoms with Crippen molar-refractivity contribution < 1.29 is 18.3 Å². The van der Waals surface area contributed by atoms with Crippen molar-refractivity contribution in [3.8, 4) is 0 Å². The number of nitrogens with one attached hydrogen (secondary N) is 1. The summed E-state index contributed by atoms with van der Waals surface area (Å²) in [6.45, 7) is 6.46. The summed E-state index contributed by atoms with van der Waals surface area (Å²) in [6, 6.07) is 5.91. The number of sulfonamides is 1. The molecule has 1 rings (SSSR count). The van der Waals surface area contributed by atoms with E-state index >= 15 is 0 Å². The molecule has 0 saturated heterocycles. The molecule has 1 unspecified atom stereocenters. The molecule has 5 nitrogen and oxygen atoms in total. The van der Waals surface area contributed by atoms with Gasteiger partial charge in [0.05, 0.1) is 11.3 Å². The predicted octanol–water partition coefficient (Wildman–Crippen LogP) is 1.88. The zero-order valence-electron chi connectivity index (χ0n) is 12.0. The molecule has 6 heteroatoms. The molecular weight excluding hydrogens is 278 g/mol. The highest BCUT2D eigenvalue weighted by molar-refractivity contribution is 7.89. The first kappa shape index (κ1) is 16.7. The van der Waals surface area contributed by atoms with Crippen molar-refractivity contribution >= 4 is 16.0 Å². The lowest BCUT2D eigenvalue weighted by molar-refractivity contribution is -0.136. The summed E-state index contributed by atoms with van der Waals surface area (Å²) in [4.78, 5) is 10.7. The first-order chi connectivity index (χ1) is 9.22. The molecule has 112 valence electrons. The van der Waals surface area contributed by atoms with Crippen LogP contribution in [-0.4, -0.2) is 26.0 Å². The number of hydrogen-bond acceptors (Lipinski definition) is 3. The van der Waals surface area contributed by atoms with Gasteiger partial charge in [-0.1, -0.05) is 32.9 Å². The van der Waals surface area contributed by atoms with Gasteiger partial charge in [0.15, 0.2) is 0 Å². The van der Waals surface area contributed by atoms with Crippen LogP contribution in [0.2, 0.25) is 0 Å². The van der Waals surface area contributed by atoms with Crippen LogP contribution in [0, 0.1) is 11.8 Å². The SMILES string of the molecule is CC(C)C(C)CNS(=O)(=O)c1ccc(CC(=O)O)cc1. The Morgan fingerprint density at radius 3 is 2.20 bits per heavy atom. The van der Waals surface area contributed by atoms with Gasteiger partial charge in [0.25, 0.3) is 0 Å². The number of carboxylic acid groups (broad SMARTS) is 1. The van der Waals surface area contributed by atoms with Crippen LogP contribution in [0.15, 0.2) is 29.2 Å². The second kappa shape index (κ2) is 6.85. The van der Waals surface area contributed by atoms with Gasteiger partial charge in [0.2, 0.25) is 10.0 Å². The lowest BCUT2D eigenvalue weighted by Gasteiger charge is -2.16. The Kier molecular flexibility index (Phi) is 5.71. The Labute approximate surface area is 120 Å². The summed E-state index contributed by atoms with van der Waals surface area (Å²) < 4.78 is 26.7. The zero-order valence-corrected chi connectivity index (χ0v) is 12.8. The largest absolute Gasteiger partial charge is 0.481 e. The van der Waals surface area contributed by atoms with E-state index in [2.05, 4.69) is 4.72 Å². The van der Waals surface area contributed by atoms with Gasteiger partial charge in [-0.3, -0.25) is 4.79 Å². The maximum Gasteiger partial charge on any atom is 0.307 e. The van der Waals surface area contributed by atoms with Crippen molar-refractivity contribution in [2.24, 2.45) is 11.8 Å². The lowest BCUT2D eigenvalue weighted by atomic mass is 9.99. The van der Waals surface area contributed by atoms with Crippen LogP contribution in [0.5, 0.6) is 0 Å². The highest BCUT2D eigenvalue weighted by atomic mass is 32.2. The normalized spacial score (nSPS) is 13.4. The second-order valence-corrected chi connectivity index (χ2v) is 7.05. The molecule has 0 radical (unpaired) electrons. The summed E-state index contributed by atoms with van der Waals surface area (Å²) in [5, 5.41) is 8.66. The Hall–Kier alpha value is -1.40. The molecule has 1 aromatic carbocycles. The minimum absolute atomic E-state index is 0.113. The molecule has 20 heavy (non-hydrogen) atoms. The van der Waals surface area contributed by atoms with Crippen LogP contribution in [0.3, 0.4) is 0 Å². The maximum atomic E-state index is 12.1. The first-order valence-corrected chi connectivity index (χ1v) is 8.01. The number of aliphatic carboxylic acids is 1. The van der Waals surface area contributed by atoms with E-state index in [-0.39, 0.29) is 17.2 Å². The Balaban J connectivity index is 2.75. The summed E-state index contributed by atoms with van der Waals surface area (Å²) in [5.74, 6) is -0.295. The van der Waals surface area contributed by atoms with E-state index < -0.39 is 16.0 Å². The number of carboxylic acids is 1. The highest BCUT2D eigenvalue weighted by Crippen LogP contribution is 2.13. The molecule has 0 aliphatic carbocycles. The molecule has 0 aliphatic heterocycles. The Morgan fingerprint density at radius 1 is 1.20 bits per heavy atom. The zero-order chi connectivity index (χ0) is 15.3. The van der Waals surface area contributed by atoms with Crippen LogP contribution >= 0.6 is 0 Å². The van der Waals surface area contributed by atoms with Gasteiger partial charge in [-0.15, -0.1) is 0 Å². The van der Waals surface area contributed by atoms with Crippen molar-refractivity contribution in [1.82, 2.24) is 4.72 Å². The fourth-order valence-electron chi connectivity index (χ4n) is 1.52. The van der Waals surface area contributed by atoms with E-state index in [1.54, 1.807) is 0 Å². The van der Waals surface area contributed by atoms with E-state index in [1.807, 2.05) is 20.8 Å². The van der Waals surface area contributed by atoms with Gasteiger partial charge >= 0.3 is 5.97 Å². The average Bonchev–Trinajstić information content (AvgIpc) is 2.35. The number of benzene rings is 1. The van der Waals surface area contributed by atoms with Crippen molar-refractivity contribution in [2.75, 3.05) is 6.54 Å². The minimum Gasteiger partial charge on any atom is -0.481 e. The van der Waals surface area contributed by atoms with Gasteiger partial charge in [-0.05, 0) is 29.5 Å². The first-order valence-electron chi connectivity index (χ1n) is 6.52. The summed E-state index contributed by atoms with van der Waals surface area (Å²) in [6.07, 6.45) is -0.113. The monoisotopic (exact) mass is 299 g/mol. The minimum atomic E-state index is -3.53. The number of carbonyl (C=O) groups is 1. The van der Waals surface area contributed by atoms with Gasteiger partial charge in [-0.25, -0.2) is 13.1 Å². The number of hydrogen-bond donors (Lipinski definition) is 2. The Morgan fingerprint density at radius 2 is 1.75 bits per heavy atom. The van der Waals surface area contributed by atoms with Crippen LogP contribution in [0.25, 0.3) is 0 Å². The average molecular weight is 299 g/mol. The van der Waals surface area contributed by atoms with Crippen molar-refractivity contribution in [2.45, 2.75) is 32.1 Å². The van der Waals surface area contributed by atoms with E-state index in [0.717, 1.165) is 0 Å². The fraction of sp³-hybridized carbons (Fsp3) is 0.500. The summed E-state index contributed by atoms with van der Waals surface area (Å²) in [5.41, 5.74) is 0.576. The molecule has 0 amide bonds. The van der Waals surface area contributed by atoms with E-state index in [1.165, 1.54) is 24.3 Å². The highest BCUT2D eigenvalue weighted by Gasteiger charge is 2.16. The molecule has 0 fully saturated rings. The lowest BCUT2D eigenvalue weighted by Crippen LogP contribution is -2.30. The fourth-order valence-corrected chi connectivity index (χ4v) is 2.66. The topological polar surface area (TPSA) is 83.5 Å². The molecule has 1 aromatic rings. The molecule has 2 N–H and O–H groups in total. The molecule has 0 aromatic heterocycles. The van der Waals surface area contributed by atoms with Gasteiger partial charge in [0.1, 0.15) is 0 Å². The number of rotatable bonds is 7. The van der Waals surface area contributed by atoms with Gasteiger partial charge in [0, 0.05) is 6.54 Å². The standard InChI is InChI=1S/C14H21NO4S/c1-10(2)11(3)9-15-20(18,19)13-6-4-12(5-7-13)8-14(16)17/h4-7,10-11,15H,8-9H2,1-3H3,(H,16,17). The molecule has 0 heterocycles.